The maximum Gasteiger partial charge on any atom is 0.331 e. The highest BCUT2D eigenvalue weighted by atomic mass is 16.6. The number of hydrogen-bond donors (Lipinski definition) is 2. The summed E-state index contributed by atoms with van der Waals surface area (Å²) in [4.78, 5) is 12.5. The van der Waals surface area contributed by atoms with E-state index in [1.807, 2.05) is 0 Å². The van der Waals surface area contributed by atoms with Crippen LogP contribution in [0.25, 0.3) is 0 Å². The van der Waals surface area contributed by atoms with Gasteiger partial charge in [0.25, 0.3) is 0 Å². The fourth-order valence-electron chi connectivity index (χ4n) is 5.67. The second kappa shape index (κ2) is 7.05. The molecule has 2 aliphatic carbocycles. The molecule has 4 rings (SSSR count). The highest BCUT2D eigenvalue weighted by Gasteiger charge is 2.81. The van der Waals surface area contributed by atoms with Crippen LogP contribution in [0.5, 0.6) is 0 Å². The standard InChI is InChI=1S/C23H32O6/c1-14-9-10-21(3)17(11-14)28-19-12-18(22(21,4)23(19)13-27-23)29-20(26)8-6-5-7-16(25)15(2)24/h5-8,11,15-19,24-25H,9-10,12-13H2,1-4H3/b7-5+,8-6-/t15-,16+,17-,18-,19-,21+,22-,23+/m1/s1. The molecule has 6 heteroatoms. The first-order valence-electron chi connectivity index (χ1n) is 10.5. The zero-order chi connectivity index (χ0) is 21.0. The summed E-state index contributed by atoms with van der Waals surface area (Å²) in [5.41, 5.74) is 0.525. The fraction of sp³-hybridized carbons (Fsp3) is 0.696. The van der Waals surface area contributed by atoms with E-state index in [0.717, 1.165) is 12.8 Å². The minimum absolute atomic E-state index is 0.0187. The van der Waals surface area contributed by atoms with Gasteiger partial charge in [0.05, 0.1) is 31.0 Å². The van der Waals surface area contributed by atoms with E-state index in [0.29, 0.717) is 13.0 Å². The number of hydrogen-bond acceptors (Lipinski definition) is 6. The van der Waals surface area contributed by atoms with Gasteiger partial charge in [-0.25, -0.2) is 4.79 Å². The molecule has 160 valence electrons. The Labute approximate surface area is 172 Å². The zero-order valence-electron chi connectivity index (χ0n) is 17.6. The molecule has 2 aliphatic heterocycles. The van der Waals surface area contributed by atoms with E-state index in [2.05, 4.69) is 26.8 Å². The Balaban J connectivity index is 1.52. The number of fused-ring (bicyclic) bond motifs is 2. The number of aliphatic hydroxyl groups excluding tert-OH is 2. The summed E-state index contributed by atoms with van der Waals surface area (Å²) in [5, 5.41) is 18.8. The molecule has 29 heavy (non-hydrogen) atoms. The number of allylic oxidation sites excluding steroid dienone is 3. The second-order valence-corrected chi connectivity index (χ2v) is 9.49. The molecule has 1 saturated carbocycles. The van der Waals surface area contributed by atoms with Crippen molar-refractivity contribution in [3.8, 4) is 0 Å². The fourth-order valence-corrected chi connectivity index (χ4v) is 5.67. The van der Waals surface area contributed by atoms with Crippen molar-refractivity contribution in [1.29, 1.82) is 0 Å². The Hall–Kier alpha value is -1.47. The highest BCUT2D eigenvalue weighted by molar-refractivity contribution is 5.82. The molecule has 0 radical (unpaired) electrons. The number of esters is 1. The molecule has 2 heterocycles. The molecule has 3 fully saturated rings. The number of carbonyl (C=O) groups excluding carboxylic acids is 1. The van der Waals surface area contributed by atoms with Gasteiger partial charge in [-0.05, 0) is 26.7 Å². The van der Waals surface area contributed by atoms with E-state index in [9.17, 15) is 15.0 Å². The quantitative estimate of drug-likeness (QED) is 0.241. The van der Waals surface area contributed by atoms with E-state index < -0.39 is 18.2 Å². The number of aliphatic hydroxyl groups is 2. The zero-order valence-corrected chi connectivity index (χ0v) is 17.6. The minimum Gasteiger partial charge on any atom is -0.458 e. The van der Waals surface area contributed by atoms with Crippen LogP contribution in [0, 0.1) is 10.8 Å². The largest absolute Gasteiger partial charge is 0.458 e. The molecule has 0 aromatic rings. The summed E-state index contributed by atoms with van der Waals surface area (Å²) in [6.45, 7) is 8.77. The first-order valence-corrected chi connectivity index (χ1v) is 10.5. The van der Waals surface area contributed by atoms with E-state index in [4.69, 9.17) is 14.2 Å². The topological polar surface area (TPSA) is 88.5 Å². The van der Waals surface area contributed by atoms with Gasteiger partial charge in [0.1, 0.15) is 11.7 Å². The van der Waals surface area contributed by atoms with Gasteiger partial charge in [-0.3, -0.25) is 0 Å². The van der Waals surface area contributed by atoms with Crippen molar-refractivity contribution in [3.05, 3.63) is 36.0 Å². The Bertz CT molecular complexity index is 763. The third-order valence-corrected chi connectivity index (χ3v) is 7.93. The molecular formula is C23H32O6. The third-order valence-electron chi connectivity index (χ3n) is 7.93. The smallest absolute Gasteiger partial charge is 0.331 e. The molecule has 0 aromatic heterocycles. The van der Waals surface area contributed by atoms with Gasteiger partial charge in [-0.1, -0.05) is 43.7 Å². The van der Waals surface area contributed by atoms with Crippen LogP contribution in [0.4, 0.5) is 0 Å². The van der Waals surface area contributed by atoms with Gasteiger partial charge in [-0.15, -0.1) is 0 Å². The van der Waals surface area contributed by atoms with E-state index in [1.54, 1.807) is 0 Å². The summed E-state index contributed by atoms with van der Waals surface area (Å²) in [6, 6.07) is 0. The van der Waals surface area contributed by atoms with E-state index in [-0.39, 0.29) is 34.7 Å². The Morgan fingerprint density at radius 3 is 2.72 bits per heavy atom. The van der Waals surface area contributed by atoms with Gasteiger partial charge in [-0.2, -0.15) is 0 Å². The van der Waals surface area contributed by atoms with Crippen molar-refractivity contribution in [2.45, 2.75) is 83.1 Å². The molecular weight excluding hydrogens is 372 g/mol. The van der Waals surface area contributed by atoms with Gasteiger partial charge >= 0.3 is 5.97 Å². The van der Waals surface area contributed by atoms with Crippen molar-refractivity contribution in [2.75, 3.05) is 6.61 Å². The maximum absolute atomic E-state index is 12.5. The van der Waals surface area contributed by atoms with Crippen molar-refractivity contribution >= 4 is 5.97 Å². The lowest BCUT2D eigenvalue weighted by atomic mass is 9.52. The monoisotopic (exact) mass is 404 g/mol. The normalized spacial score (nSPS) is 45.3. The molecule has 2 saturated heterocycles. The third kappa shape index (κ3) is 3.03. The van der Waals surface area contributed by atoms with Gasteiger partial charge in [0.15, 0.2) is 0 Å². The van der Waals surface area contributed by atoms with Crippen molar-refractivity contribution in [3.63, 3.8) is 0 Å². The lowest BCUT2D eigenvalue weighted by Crippen LogP contribution is -2.63. The molecule has 0 amide bonds. The van der Waals surface area contributed by atoms with Crippen LogP contribution in [0.15, 0.2) is 36.0 Å². The minimum atomic E-state index is -0.965. The van der Waals surface area contributed by atoms with Crippen LogP contribution < -0.4 is 0 Å². The maximum atomic E-state index is 12.5. The van der Waals surface area contributed by atoms with Gasteiger partial charge < -0.3 is 24.4 Å². The summed E-state index contributed by atoms with van der Waals surface area (Å²) in [5.74, 6) is -0.418. The van der Waals surface area contributed by atoms with Gasteiger partial charge in [0.2, 0.25) is 0 Å². The Morgan fingerprint density at radius 2 is 2.07 bits per heavy atom. The summed E-state index contributed by atoms with van der Waals surface area (Å²) in [6.07, 6.45) is 8.59. The van der Waals surface area contributed by atoms with Crippen LogP contribution in [0.1, 0.15) is 47.0 Å². The molecule has 2 bridgehead atoms. The van der Waals surface area contributed by atoms with E-state index >= 15 is 0 Å². The lowest BCUT2D eigenvalue weighted by Gasteiger charge is -2.57. The van der Waals surface area contributed by atoms with Crippen molar-refractivity contribution in [2.24, 2.45) is 10.8 Å². The van der Waals surface area contributed by atoms with E-state index in [1.165, 1.54) is 36.8 Å². The first-order chi connectivity index (χ1) is 13.6. The van der Waals surface area contributed by atoms with Crippen LogP contribution in [-0.2, 0) is 19.0 Å². The lowest BCUT2D eigenvalue weighted by molar-refractivity contribution is -0.209. The average Bonchev–Trinajstić information content (AvgIpc) is 3.43. The summed E-state index contributed by atoms with van der Waals surface area (Å²) < 4.78 is 18.4. The molecule has 0 unspecified atom stereocenters. The molecule has 8 atom stereocenters. The van der Waals surface area contributed by atoms with Crippen LogP contribution >= 0.6 is 0 Å². The molecule has 6 nitrogen and oxygen atoms in total. The highest BCUT2D eigenvalue weighted by Crippen LogP contribution is 2.71. The van der Waals surface area contributed by atoms with Crippen LogP contribution in [0.2, 0.25) is 0 Å². The van der Waals surface area contributed by atoms with Crippen LogP contribution in [-0.4, -0.2) is 58.9 Å². The predicted molar refractivity (Wildman–Crippen MR) is 107 cm³/mol. The number of carbonyl (C=O) groups is 1. The molecule has 0 aromatic carbocycles. The Morgan fingerprint density at radius 1 is 1.34 bits per heavy atom. The Kier molecular flexibility index (Phi) is 5.05. The SMILES string of the molecule is CC1=C[C@H]2O[C@@H]3C[C@@H](OC(=O)/C=C\C=C\[C@H](O)[C@@H](C)O)[C@](C)([C@@]2(C)CC1)[C@]31CO1. The number of ether oxygens (including phenoxy) is 3. The van der Waals surface area contributed by atoms with Gasteiger partial charge in [0, 0.05) is 23.3 Å². The summed E-state index contributed by atoms with van der Waals surface area (Å²) in [7, 11) is 0. The second-order valence-electron chi connectivity index (χ2n) is 9.49. The predicted octanol–water partition coefficient (Wildman–Crippen LogP) is 2.45. The first kappa shape index (κ1) is 20.8. The number of rotatable bonds is 5. The summed E-state index contributed by atoms with van der Waals surface area (Å²) >= 11 is 0. The average molecular weight is 405 g/mol. The molecule has 2 N–H and O–H groups in total. The molecule has 4 aliphatic rings. The van der Waals surface area contributed by atoms with Crippen molar-refractivity contribution in [1.82, 2.24) is 0 Å². The van der Waals surface area contributed by atoms with Crippen molar-refractivity contribution < 1.29 is 29.2 Å². The number of epoxide rings is 1. The van der Waals surface area contributed by atoms with Crippen LogP contribution in [0.3, 0.4) is 0 Å². The molecule has 1 spiro atoms.